The lowest BCUT2D eigenvalue weighted by molar-refractivity contribution is 0.262. The first-order valence-electron chi connectivity index (χ1n) is 10.9. The molecule has 0 saturated carbocycles. The number of carbonyl (C=O) groups is 1. The van der Waals surface area contributed by atoms with Crippen molar-refractivity contribution >= 4 is 23.2 Å². The second kappa shape index (κ2) is 10.3. The summed E-state index contributed by atoms with van der Waals surface area (Å²) in [7, 11) is 0. The number of pyridine rings is 1. The van der Waals surface area contributed by atoms with Crippen LogP contribution in [0.3, 0.4) is 0 Å². The smallest absolute Gasteiger partial charge is 0.323 e. The molecule has 0 fully saturated rings. The third-order valence-electron chi connectivity index (χ3n) is 5.14. The van der Waals surface area contributed by atoms with Gasteiger partial charge in [-0.1, -0.05) is 45.5 Å². The van der Waals surface area contributed by atoms with E-state index in [1.54, 1.807) is 12.3 Å². The number of nitrogens with one attached hydrogen (secondary N) is 3. The molecular weight excluding hydrogens is 415 g/mol. The fourth-order valence-electron chi connectivity index (χ4n) is 3.37. The van der Waals surface area contributed by atoms with E-state index < -0.39 is 11.8 Å². The molecule has 6 heteroatoms. The lowest BCUT2D eigenvalue weighted by Crippen LogP contribution is -2.20. The summed E-state index contributed by atoms with van der Waals surface area (Å²) in [5.41, 5.74) is 4.63. The van der Waals surface area contributed by atoms with Crippen LogP contribution < -0.4 is 16.0 Å². The molecule has 3 N–H and O–H groups in total. The number of halogens is 1. The predicted octanol–water partition coefficient (Wildman–Crippen LogP) is 6.89. The quantitative estimate of drug-likeness (QED) is 0.370. The largest absolute Gasteiger partial charge is 0.345 e. The first kappa shape index (κ1) is 24.0. The Morgan fingerprint density at radius 2 is 1.70 bits per heavy atom. The van der Waals surface area contributed by atoms with Crippen molar-refractivity contribution < 1.29 is 9.18 Å². The summed E-state index contributed by atoms with van der Waals surface area (Å²) in [5, 5.41) is 8.46. The Morgan fingerprint density at radius 3 is 2.36 bits per heavy atom. The molecule has 172 valence electrons. The summed E-state index contributed by atoms with van der Waals surface area (Å²) in [5.74, 6) is 0.273. The van der Waals surface area contributed by atoms with E-state index in [1.165, 1.54) is 6.07 Å². The maximum absolute atomic E-state index is 14.6. The molecule has 3 aromatic rings. The van der Waals surface area contributed by atoms with Gasteiger partial charge in [-0.25, -0.2) is 14.2 Å². The molecule has 2 amide bonds. The van der Waals surface area contributed by atoms with Crippen LogP contribution in [0, 0.1) is 5.82 Å². The van der Waals surface area contributed by atoms with E-state index in [0.717, 1.165) is 34.6 Å². The SMILES string of the molecule is C=C(C)Nc1cc(CCc2ccc(NC(=O)Nc3cccc(C(C)(C)C)c3)c(F)c2)ccn1. The molecule has 1 aromatic heterocycles. The molecule has 0 atom stereocenters. The number of amides is 2. The van der Waals surface area contributed by atoms with Gasteiger partial charge in [-0.15, -0.1) is 0 Å². The summed E-state index contributed by atoms with van der Waals surface area (Å²) in [4.78, 5) is 16.6. The fraction of sp³-hybridized carbons (Fsp3) is 0.259. The number of aromatic nitrogens is 1. The van der Waals surface area contributed by atoms with E-state index in [0.29, 0.717) is 12.1 Å². The Morgan fingerprint density at radius 1 is 0.970 bits per heavy atom. The number of nitrogens with zero attached hydrogens (tertiary/aromatic N) is 1. The highest BCUT2D eigenvalue weighted by Gasteiger charge is 2.14. The topological polar surface area (TPSA) is 66.0 Å². The van der Waals surface area contributed by atoms with E-state index in [4.69, 9.17) is 0 Å². The third-order valence-corrected chi connectivity index (χ3v) is 5.14. The van der Waals surface area contributed by atoms with Crippen LogP contribution in [0.4, 0.5) is 26.4 Å². The number of hydrogen-bond acceptors (Lipinski definition) is 3. The average Bonchev–Trinajstić information content (AvgIpc) is 2.73. The molecule has 3 rings (SSSR count). The molecule has 0 unspecified atom stereocenters. The summed E-state index contributed by atoms with van der Waals surface area (Å²) in [6, 6.07) is 15.9. The normalized spacial score (nSPS) is 11.1. The predicted molar refractivity (Wildman–Crippen MR) is 134 cm³/mol. The maximum Gasteiger partial charge on any atom is 0.323 e. The van der Waals surface area contributed by atoms with Crippen molar-refractivity contribution in [1.29, 1.82) is 0 Å². The van der Waals surface area contributed by atoms with Crippen molar-refractivity contribution in [3.63, 3.8) is 0 Å². The number of hydrogen-bond donors (Lipinski definition) is 3. The molecular formula is C27H31FN4O. The molecule has 5 nitrogen and oxygen atoms in total. The minimum atomic E-state index is -0.484. The number of aryl methyl sites for hydroxylation is 2. The van der Waals surface area contributed by atoms with Gasteiger partial charge in [0, 0.05) is 17.6 Å². The number of rotatable bonds is 7. The summed E-state index contributed by atoms with van der Waals surface area (Å²) in [6.45, 7) is 12.0. The Balaban J connectivity index is 1.59. The Bertz CT molecular complexity index is 1150. The van der Waals surface area contributed by atoms with Crippen LogP contribution in [-0.2, 0) is 18.3 Å². The van der Waals surface area contributed by atoms with Gasteiger partial charge in [-0.05, 0) is 78.3 Å². The Hall–Kier alpha value is -3.67. The van der Waals surface area contributed by atoms with Crippen LogP contribution in [0.5, 0.6) is 0 Å². The molecule has 0 saturated heterocycles. The standard InChI is InChI=1S/C27H31FN4O/c1-18(2)30-25-16-20(13-14-29-25)10-9-19-11-12-24(23(28)15-19)32-26(33)31-22-8-6-7-21(17-22)27(3,4)5/h6-8,11-17H,1,9-10H2,2-5H3,(H,29,30)(H2,31,32,33). The van der Waals surface area contributed by atoms with E-state index in [2.05, 4.69) is 48.3 Å². The van der Waals surface area contributed by atoms with Crippen LogP contribution in [0.15, 0.2) is 73.1 Å². The lowest BCUT2D eigenvalue weighted by atomic mass is 9.87. The molecule has 0 aliphatic rings. The second-order valence-corrected chi connectivity index (χ2v) is 9.18. The van der Waals surface area contributed by atoms with Gasteiger partial charge in [0.05, 0.1) is 5.69 Å². The Kier molecular flexibility index (Phi) is 7.48. The van der Waals surface area contributed by atoms with E-state index in [1.807, 2.05) is 49.4 Å². The molecule has 0 aliphatic carbocycles. The number of allylic oxidation sites excluding steroid dienone is 1. The third kappa shape index (κ3) is 7.17. The molecule has 2 aromatic carbocycles. The zero-order valence-electron chi connectivity index (χ0n) is 19.6. The van der Waals surface area contributed by atoms with Crippen molar-refractivity contribution in [2.45, 2.75) is 46.0 Å². The molecule has 33 heavy (non-hydrogen) atoms. The highest BCUT2D eigenvalue weighted by molar-refractivity contribution is 5.99. The van der Waals surface area contributed by atoms with Crippen LogP contribution in [-0.4, -0.2) is 11.0 Å². The van der Waals surface area contributed by atoms with Crippen molar-refractivity contribution in [1.82, 2.24) is 4.98 Å². The second-order valence-electron chi connectivity index (χ2n) is 9.18. The number of carbonyl (C=O) groups excluding carboxylic acids is 1. The molecule has 0 spiro atoms. The summed E-state index contributed by atoms with van der Waals surface area (Å²) in [6.07, 6.45) is 3.15. The highest BCUT2D eigenvalue weighted by Crippen LogP contribution is 2.25. The lowest BCUT2D eigenvalue weighted by Gasteiger charge is -2.20. The minimum Gasteiger partial charge on any atom is -0.345 e. The van der Waals surface area contributed by atoms with Crippen molar-refractivity contribution in [2.24, 2.45) is 0 Å². The van der Waals surface area contributed by atoms with Gasteiger partial charge >= 0.3 is 6.03 Å². The van der Waals surface area contributed by atoms with Crippen LogP contribution >= 0.6 is 0 Å². The molecule has 0 aliphatic heterocycles. The van der Waals surface area contributed by atoms with E-state index in [-0.39, 0.29) is 11.1 Å². The zero-order valence-corrected chi connectivity index (χ0v) is 19.6. The fourth-order valence-corrected chi connectivity index (χ4v) is 3.37. The first-order chi connectivity index (χ1) is 15.6. The van der Waals surface area contributed by atoms with Gasteiger partial charge in [-0.2, -0.15) is 0 Å². The van der Waals surface area contributed by atoms with E-state index >= 15 is 0 Å². The average molecular weight is 447 g/mol. The van der Waals surface area contributed by atoms with Crippen LogP contribution in [0.1, 0.15) is 44.4 Å². The van der Waals surface area contributed by atoms with Crippen molar-refractivity contribution in [2.75, 3.05) is 16.0 Å². The number of anilines is 3. The molecule has 0 bridgehead atoms. The van der Waals surface area contributed by atoms with Crippen molar-refractivity contribution in [3.8, 4) is 0 Å². The Labute approximate surface area is 195 Å². The van der Waals surface area contributed by atoms with Gasteiger partial charge in [0.15, 0.2) is 0 Å². The van der Waals surface area contributed by atoms with Gasteiger partial charge in [0.1, 0.15) is 11.6 Å². The van der Waals surface area contributed by atoms with Crippen LogP contribution in [0.2, 0.25) is 0 Å². The first-order valence-corrected chi connectivity index (χ1v) is 10.9. The summed E-state index contributed by atoms with van der Waals surface area (Å²) >= 11 is 0. The van der Waals surface area contributed by atoms with E-state index in [9.17, 15) is 9.18 Å². The monoisotopic (exact) mass is 446 g/mol. The summed E-state index contributed by atoms with van der Waals surface area (Å²) < 4.78 is 14.6. The number of benzene rings is 2. The van der Waals surface area contributed by atoms with Gasteiger partial charge in [-0.3, -0.25) is 0 Å². The van der Waals surface area contributed by atoms with Gasteiger partial charge in [0.2, 0.25) is 0 Å². The molecule has 0 radical (unpaired) electrons. The number of urea groups is 1. The van der Waals surface area contributed by atoms with Crippen molar-refractivity contribution in [3.05, 3.63) is 95.6 Å². The van der Waals surface area contributed by atoms with Gasteiger partial charge < -0.3 is 16.0 Å². The minimum absolute atomic E-state index is 0.0327. The highest BCUT2D eigenvalue weighted by atomic mass is 19.1. The van der Waals surface area contributed by atoms with Gasteiger partial charge in [0.25, 0.3) is 0 Å². The zero-order chi connectivity index (χ0) is 24.0. The maximum atomic E-state index is 14.6. The molecule has 1 heterocycles. The van der Waals surface area contributed by atoms with Crippen LogP contribution in [0.25, 0.3) is 0 Å².